The lowest BCUT2D eigenvalue weighted by Crippen LogP contribution is -2.08. The molecule has 0 fully saturated rings. The van der Waals surface area contributed by atoms with Gasteiger partial charge in [-0.15, -0.1) is 0 Å². The van der Waals surface area contributed by atoms with Crippen LogP contribution >= 0.6 is 15.2 Å². The normalized spacial score (nSPS) is 12.6. The number of hydrogen-bond donors (Lipinski definition) is 0. The van der Waals surface area contributed by atoms with Gasteiger partial charge in [-0.25, -0.2) is 0 Å². The molecule has 0 aliphatic carbocycles. The smallest absolute Gasteiger partial charge is 0.308 e. The first kappa shape index (κ1) is 29.3. The topological polar surface area (TPSA) is 71.1 Å². The molecule has 0 aliphatic rings. The van der Waals surface area contributed by atoms with Crippen LogP contribution in [0, 0.1) is 0 Å². The molecule has 0 atom stereocenters. The van der Waals surface area contributed by atoms with Crippen molar-refractivity contribution >= 4 is 15.2 Å². The van der Waals surface area contributed by atoms with Gasteiger partial charge in [-0.2, -0.15) is 0 Å². The Morgan fingerprint density at radius 2 is 0.690 bits per heavy atom. The standard InChI is InChI=1S/C21H46O6P2/c1-5-9-13-17-24-28(22,25-18-14-10-6-2)21-29(23,26-19-15-11-7-3)27-20-16-12-8-4/h5-21H2,1-4H3. The van der Waals surface area contributed by atoms with Crippen LogP contribution in [0.3, 0.4) is 0 Å². The van der Waals surface area contributed by atoms with E-state index in [0.717, 1.165) is 77.0 Å². The summed E-state index contributed by atoms with van der Waals surface area (Å²) < 4.78 is 49.4. The maximum Gasteiger partial charge on any atom is 0.342 e. The molecule has 0 aromatic carbocycles. The minimum Gasteiger partial charge on any atom is -0.308 e. The molecule has 6 nitrogen and oxygen atoms in total. The quantitative estimate of drug-likeness (QED) is 0.121. The Balaban J connectivity index is 5.01. The molecule has 0 saturated heterocycles. The molecule has 0 saturated carbocycles. The second-order valence-electron chi connectivity index (χ2n) is 7.52. The Morgan fingerprint density at radius 1 is 0.448 bits per heavy atom. The number of unbranched alkanes of at least 4 members (excludes halogenated alkanes) is 8. The van der Waals surface area contributed by atoms with Gasteiger partial charge in [-0.3, -0.25) is 9.13 Å². The van der Waals surface area contributed by atoms with Gasteiger partial charge < -0.3 is 18.1 Å². The number of hydrogen-bond acceptors (Lipinski definition) is 6. The third kappa shape index (κ3) is 16.6. The molecular weight excluding hydrogens is 410 g/mol. The molecule has 0 unspecified atom stereocenters. The largest absolute Gasteiger partial charge is 0.342 e. The Hall–Kier alpha value is 0.300. The minimum atomic E-state index is -3.55. The van der Waals surface area contributed by atoms with Gasteiger partial charge in [0.15, 0.2) is 5.90 Å². The van der Waals surface area contributed by atoms with E-state index in [1.54, 1.807) is 0 Å². The van der Waals surface area contributed by atoms with E-state index in [0.29, 0.717) is 26.4 Å². The molecule has 0 aromatic rings. The molecule has 0 aliphatic heterocycles. The zero-order valence-corrected chi connectivity index (χ0v) is 21.2. The molecule has 0 heterocycles. The molecule has 0 spiro atoms. The van der Waals surface area contributed by atoms with E-state index in [4.69, 9.17) is 18.1 Å². The summed E-state index contributed by atoms with van der Waals surface area (Å²) in [6.45, 7) is 9.75. The maximum atomic E-state index is 13.4. The Bertz CT molecular complexity index is 386. The average molecular weight is 457 g/mol. The predicted octanol–water partition coefficient (Wildman–Crippen LogP) is 8.16. The van der Waals surface area contributed by atoms with E-state index in [-0.39, 0.29) is 5.90 Å². The summed E-state index contributed by atoms with van der Waals surface area (Å²) in [6.07, 6.45) is 11.4. The summed E-state index contributed by atoms with van der Waals surface area (Å²) in [7, 11) is -7.09. The van der Waals surface area contributed by atoms with Crippen molar-refractivity contribution in [3.8, 4) is 0 Å². The number of rotatable bonds is 22. The van der Waals surface area contributed by atoms with Crippen LogP contribution in [-0.2, 0) is 27.2 Å². The summed E-state index contributed by atoms with van der Waals surface area (Å²) in [4.78, 5) is 0. The third-order valence-corrected chi connectivity index (χ3v) is 9.57. The molecule has 0 rings (SSSR count). The summed E-state index contributed by atoms with van der Waals surface area (Å²) in [5.41, 5.74) is 0. The lowest BCUT2D eigenvalue weighted by molar-refractivity contribution is 0.185. The monoisotopic (exact) mass is 456 g/mol. The van der Waals surface area contributed by atoms with Gasteiger partial charge in [0.25, 0.3) is 0 Å². The fourth-order valence-electron chi connectivity index (χ4n) is 2.67. The first-order valence-electron chi connectivity index (χ1n) is 11.7. The minimum absolute atomic E-state index is 0.295. The Labute approximate surface area is 179 Å². The van der Waals surface area contributed by atoms with Gasteiger partial charge in [-0.1, -0.05) is 79.1 Å². The van der Waals surface area contributed by atoms with Gasteiger partial charge in [0.05, 0.1) is 26.4 Å². The van der Waals surface area contributed by atoms with E-state index >= 15 is 0 Å². The van der Waals surface area contributed by atoms with Gasteiger partial charge in [-0.05, 0) is 25.7 Å². The molecule has 0 N–H and O–H groups in total. The van der Waals surface area contributed by atoms with Crippen LogP contribution in [-0.4, -0.2) is 32.3 Å². The lowest BCUT2D eigenvalue weighted by atomic mass is 10.3. The Morgan fingerprint density at radius 3 is 0.897 bits per heavy atom. The van der Waals surface area contributed by atoms with E-state index in [9.17, 15) is 9.13 Å². The maximum absolute atomic E-state index is 13.4. The molecule has 0 radical (unpaired) electrons. The van der Waals surface area contributed by atoms with Crippen LogP contribution < -0.4 is 0 Å². The van der Waals surface area contributed by atoms with Crippen molar-refractivity contribution in [3.05, 3.63) is 0 Å². The van der Waals surface area contributed by atoms with Crippen molar-refractivity contribution in [2.45, 2.75) is 105 Å². The summed E-state index contributed by atoms with van der Waals surface area (Å²) in [5, 5.41) is 0. The van der Waals surface area contributed by atoms with Gasteiger partial charge in [0, 0.05) is 0 Å². The van der Waals surface area contributed by atoms with E-state index in [2.05, 4.69) is 27.7 Å². The molecule has 0 bridgehead atoms. The van der Waals surface area contributed by atoms with Crippen LogP contribution in [0.5, 0.6) is 0 Å². The van der Waals surface area contributed by atoms with Crippen LogP contribution in [0.2, 0.25) is 0 Å². The molecule has 29 heavy (non-hydrogen) atoms. The lowest BCUT2D eigenvalue weighted by Gasteiger charge is -2.24. The third-order valence-electron chi connectivity index (χ3n) is 4.49. The molecular formula is C21H46O6P2. The van der Waals surface area contributed by atoms with E-state index in [1.807, 2.05) is 0 Å². The zero-order valence-electron chi connectivity index (χ0n) is 19.4. The molecule has 0 aromatic heterocycles. The fourth-order valence-corrected chi connectivity index (χ4v) is 7.45. The van der Waals surface area contributed by atoms with E-state index in [1.165, 1.54) is 0 Å². The van der Waals surface area contributed by atoms with Gasteiger partial charge in [0.1, 0.15) is 0 Å². The fraction of sp³-hybridized carbons (Fsp3) is 1.00. The van der Waals surface area contributed by atoms with Crippen LogP contribution in [0.1, 0.15) is 105 Å². The molecule has 176 valence electrons. The average Bonchev–Trinajstić information content (AvgIpc) is 2.70. The highest BCUT2D eigenvalue weighted by Crippen LogP contribution is 2.64. The second-order valence-corrected chi connectivity index (χ2v) is 12.1. The summed E-state index contributed by atoms with van der Waals surface area (Å²) in [5.74, 6) is -0.295. The molecule has 0 amide bonds. The van der Waals surface area contributed by atoms with Crippen molar-refractivity contribution in [2.75, 3.05) is 32.3 Å². The highest BCUT2D eigenvalue weighted by Gasteiger charge is 2.38. The summed E-state index contributed by atoms with van der Waals surface area (Å²) in [6, 6.07) is 0. The zero-order chi connectivity index (χ0) is 21.8. The van der Waals surface area contributed by atoms with Crippen molar-refractivity contribution < 1.29 is 27.2 Å². The SMILES string of the molecule is CCCCCOP(=O)(CP(=O)(OCCCCC)OCCCCC)OCCCCC. The Kier molecular flexibility index (Phi) is 19.2. The van der Waals surface area contributed by atoms with Gasteiger partial charge in [0.2, 0.25) is 0 Å². The highest BCUT2D eigenvalue weighted by atomic mass is 31.2. The van der Waals surface area contributed by atoms with Crippen molar-refractivity contribution in [3.63, 3.8) is 0 Å². The first-order valence-corrected chi connectivity index (χ1v) is 15.2. The van der Waals surface area contributed by atoms with Crippen molar-refractivity contribution in [1.82, 2.24) is 0 Å². The predicted molar refractivity (Wildman–Crippen MR) is 122 cm³/mol. The second kappa shape index (κ2) is 19.0. The van der Waals surface area contributed by atoms with Gasteiger partial charge >= 0.3 is 15.2 Å². The molecule has 8 heteroatoms. The first-order chi connectivity index (χ1) is 13.9. The van der Waals surface area contributed by atoms with E-state index < -0.39 is 15.2 Å². The van der Waals surface area contributed by atoms with Crippen LogP contribution in [0.25, 0.3) is 0 Å². The summed E-state index contributed by atoms with van der Waals surface area (Å²) >= 11 is 0. The van der Waals surface area contributed by atoms with Crippen molar-refractivity contribution in [1.29, 1.82) is 0 Å². The van der Waals surface area contributed by atoms with Crippen LogP contribution in [0.4, 0.5) is 0 Å². The van der Waals surface area contributed by atoms with Crippen molar-refractivity contribution in [2.24, 2.45) is 0 Å². The highest BCUT2D eigenvalue weighted by molar-refractivity contribution is 7.71. The van der Waals surface area contributed by atoms with Crippen LogP contribution in [0.15, 0.2) is 0 Å².